The molecular formula is C14H28N2O. The summed E-state index contributed by atoms with van der Waals surface area (Å²) in [5, 5.41) is 0. The van der Waals surface area contributed by atoms with E-state index in [-0.39, 0.29) is 6.03 Å². The van der Waals surface area contributed by atoms with Gasteiger partial charge in [0.15, 0.2) is 0 Å². The molecule has 0 radical (unpaired) electrons. The second-order valence-corrected chi connectivity index (χ2v) is 5.82. The zero-order chi connectivity index (χ0) is 12.9. The first-order valence-corrected chi connectivity index (χ1v) is 7.04. The standard InChI is InChI=1S/C14H28N2O/c1-5-14(3,4)9-7-8-10-16-12-11-15(6-2)13(16)17/h5-12H2,1-4H3. The van der Waals surface area contributed by atoms with Gasteiger partial charge < -0.3 is 9.80 Å². The van der Waals surface area contributed by atoms with Crippen LogP contribution in [0.1, 0.15) is 53.4 Å². The van der Waals surface area contributed by atoms with Crippen molar-refractivity contribution in [1.29, 1.82) is 0 Å². The van der Waals surface area contributed by atoms with Gasteiger partial charge in [0.1, 0.15) is 0 Å². The second kappa shape index (κ2) is 6.27. The normalized spacial score (nSPS) is 17.1. The highest BCUT2D eigenvalue weighted by molar-refractivity contribution is 5.76. The molecule has 0 bridgehead atoms. The fraction of sp³-hybridized carbons (Fsp3) is 0.929. The molecule has 3 heteroatoms. The Labute approximate surface area is 106 Å². The number of unbranched alkanes of at least 4 members (excludes halogenated alkanes) is 1. The molecule has 100 valence electrons. The molecule has 1 aliphatic rings. The van der Waals surface area contributed by atoms with Gasteiger partial charge in [0, 0.05) is 26.2 Å². The Morgan fingerprint density at radius 2 is 1.76 bits per heavy atom. The average Bonchev–Trinajstić information content (AvgIpc) is 2.66. The number of likely N-dealkylation sites (N-methyl/N-ethyl adjacent to an activating group) is 1. The van der Waals surface area contributed by atoms with Gasteiger partial charge in [-0.1, -0.05) is 33.6 Å². The number of hydrogen-bond donors (Lipinski definition) is 0. The molecule has 0 atom stereocenters. The van der Waals surface area contributed by atoms with Gasteiger partial charge in [0.05, 0.1) is 0 Å². The molecule has 1 heterocycles. The number of hydrogen-bond acceptors (Lipinski definition) is 1. The van der Waals surface area contributed by atoms with E-state index in [4.69, 9.17) is 0 Å². The number of urea groups is 1. The molecule has 0 unspecified atom stereocenters. The van der Waals surface area contributed by atoms with Gasteiger partial charge in [0.2, 0.25) is 0 Å². The van der Waals surface area contributed by atoms with Crippen molar-refractivity contribution in [2.75, 3.05) is 26.2 Å². The van der Waals surface area contributed by atoms with Gasteiger partial charge in [-0.2, -0.15) is 0 Å². The van der Waals surface area contributed by atoms with Gasteiger partial charge in [-0.05, 0) is 25.2 Å². The van der Waals surface area contributed by atoms with Crippen molar-refractivity contribution < 1.29 is 4.79 Å². The van der Waals surface area contributed by atoms with Crippen molar-refractivity contribution in [3.8, 4) is 0 Å². The highest BCUT2D eigenvalue weighted by atomic mass is 16.2. The lowest BCUT2D eigenvalue weighted by Crippen LogP contribution is -2.32. The third-order valence-electron chi connectivity index (χ3n) is 4.05. The lowest BCUT2D eigenvalue weighted by Gasteiger charge is -2.23. The minimum absolute atomic E-state index is 0.238. The van der Waals surface area contributed by atoms with Crippen molar-refractivity contribution in [1.82, 2.24) is 9.80 Å². The monoisotopic (exact) mass is 240 g/mol. The minimum Gasteiger partial charge on any atom is -0.323 e. The van der Waals surface area contributed by atoms with Crippen LogP contribution in [0.2, 0.25) is 0 Å². The predicted molar refractivity (Wildman–Crippen MR) is 72.1 cm³/mol. The highest BCUT2D eigenvalue weighted by Crippen LogP contribution is 2.26. The summed E-state index contributed by atoms with van der Waals surface area (Å²) in [6.45, 7) is 12.6. The molecule has 0 aromatic carbocycles. The lowest BCUT2D eigenvalue weighted by atomic mass is 9.85. The molecule has 0 aliphatic carbocycles. The van der Waals surface area contributed by atoms with Crippen molar-refractivity contribution >= 4 is 6.03 Å². The number of amides is 2. The van der Waals surface area contributed by atoms with Crippen LogP contribution < -0.4 is 0 Å². The van der Waals surface area contributed by atoms with Crippen LogP contribution in [0, 0.1) is 5.41 Å². The Morgan fingerprint density at radius 1 is 1.12 bits per heavy atom. The van der Waals surface area contributed by atoms with Crippen LogP contribution in [0.3, 0.4) is 0 Å². The van der Waals surface area contributed by atoms with Crippen molar-refractivity contribution in [2.24, 2.45) is 5.41 Å². The minimum atomic E-state index is 0.238. The first kappa shape index (κ1) is 14.3. The van der Waals surface area contributed by atoms with Gasteiger partial charge in [0.25, 0.3) is 0 Å². The smallest absolute Gasteiger partial charge is 0.320 e. The first-order valence-electron chi connectivity index (χ1n) is 7.04. The van der Waals surface area contributed by atoms with Crippen LogP contribution >= 0.6 is 0 Å². The molecular weight excluding hydrogens is 212 g/mol. The molecule has 0 saturated carbocycles. The van der Waals surface area contributed by atoms with Crippen LogP contribution in [0.5, 0.6) is 0 Å². The van der Waals surface area contributed by atoms with E-state index in [0.29, 0.717) is 5.41 Å². The highest BCUT2D eigenvalue weighted by Gasteiger charge is 2.26. The molecule has 17 heavy (non-hydrogen) atoms. The molecule has 0 N–H and O–H groups in total. The quantitative estimate of drug-likeness (QED) is 0.626. The topological polar surface area (TPSA) is 23.6 Å². The summed E-state index contributed by atoms with van der Waals surface area (Å²) in [4.78, 5) is 15.8. The zero-order valence-electron chi connectivity index (χ0n) is 12.0. The van der Waals surface area contributed by atoms with E-state index in [1.165, 1.54) is 19.3 Å². The summed E-state index contributed by atoms with van der Waals surface area (Å²) in [5.41, 5.74) is 0.463. The molecule has 1 rings (SSSR count). The second-order valence-electron chi connectivity index (χ2n) is 5.82. The molecule has 3 nitrogen and oxygen atoms in total. The maximum atomic E-state index is 11.8. The van der Waals surface area contributed by atoms with E-state index >= 15 is 0 Å². The lowest BCUT2D eigenvalue weighted by molar-refractivity contribution is 0.192. The van der Waals surface area contributed by atoms with E-state index in [1.807, 2.05) is 16.7 Å². The van der Waals surface area contributed by atoms with E-state index in [9.17, 15) is 4.79 Å². The fourth-order valence-electron chi connectivity index (χ4n) is 2.22. The third kappa shape index (κ3) is 4.21. The van der Waals surface area contributed by atoms with E-state index in [2.05, 4.69) is 20.8 Å². The summed E-state index contributed by atoms with van der Waals surface area (Å²) < 4.78 is 0. The van der Waals surface area contributed by atoms with Crippen molar-refractivity contribution in [3.63, 3.8) is 0 Å². The Hall–Kier alpha value is -0.730. The molecule has 2 amide bonds. The number of rotatable bonds is 7. The number of nitrogens with zero attached hydrogens (tertiary/aromatic N) is 2. The summed E-state index contributed by atoms with van der Waals surface area (Å²) in [7, 11) is 0. The van der Waals surface area contributed by atoms with Crippen LogP contribution in [0.15, 0.2) is 0 Å². The number of carbonyl (C=O) groups is 1. The van der Waals surface area contributed by atoms with Crippen molar-refractivity contribution in [2.45, 2.75) is 53.4 Å². The Balaban J connectivity index is 2.18. The molecule has 0 spiro atoms. The van der Waals surface area contributed by atoms with Crippen LogP contribution in [-0.2, 0) is 0 Å². The van der Waals surface area contributed by atoms with Crippen LogP contribution in [0.4, 0.5) is 4.79 Å². The molecule has 1 aliphatic heterocycles. The van der Waals surface area contributed by atoms with Crippen LogP contribution in [-0.4, -0.2) is 42.0 Å². The van der Waals surface area contributed by atoms with Crippen molar-refractivity contribution in [3.05, 3.63) is 0 Å². The molecule has 1 saturated heterocycles. The largest absolute Gasteiger partial charge is 0.323 e. The van der Waals surface area contributed by atoms with Gasteiger partial charge in [-0.25, -0.2) is 4.79 Å². The summed E-state index contributed by atoms with van der Waals surface area (Å²) in [6, 6.07) is 0.238. The predicted octanol–water partition coefficient (Wildman–Crippen LogP) is 3.35. The maximum absolute atomic E-state index is 11.8. The van der Waals surface area contributed by atoms with Gasteiger partial charge in [-0.15, -0.1) is 0 Å². The fourth-order valence-corrected chi connectivity index (χ4v) is 2.22. The first-order chi connectivity index (χ1) is 8.00. The average molecular weight is 240 g/mol. The summed E-state index contributed by atoms with van der Waals surface area (Å²) in [6.07, 6.45) is 4.88. The molecule has 1 fully saturated rings. The number of carbonyl (C=O) groups excluding carboxylic acids is 1. The van der Waals surface area contributed by atoms with E-state index in [1.54, 1.807) is 0 Å². The Morgan fingerprint density at radius 3 is 2.29 bits per heavy atom. The van der Waals surface area contributed by atoms with Gasteiger partial charge >= 0.3 is 6.03 Å². The summed E-state index contributed by atoms with van der Waals surface area (Å²) >= 11 is 0. The molecule has 0 aromatic rings. The Kier molecular flexibility index (Phi) is 5.29. The molecule has 0 aromatic heterocycles. The SMILES string of the molecule is CCN1CCN(CCCCC(C)(C)CC)C1=O. The van der Waals surface area contributed by atoms with Crippen LogP contribution in [0.25, 0.3) is 0 Å². The zero-order valence-corrected chi connectivity index (χ0v) is 12.0. The van der Waals surface area contributed by atoms with E-state index < -0.39 is 0 Å². The van der Waals surface area contributed by atoms with Gasteiger partial charge in [-0.3, -0.25) is 0 Å². The third-order valence-corrected chi connectivity index (χ3v) is 4.05. The summed E-state index contributed by atoms with van der Waals surface area (Å²) in [5.74, 6) is 0. The Bertz CT molecular complexity index is 251. The maximum Gasteiger partial charge on any atom is 0.320 e. The van der Waals surface area contributed by atoms with E-state index in [0.717, 1.165) is 32.6 Å².